The Morgan fingerprint density at radius 1 is 1.33 bits per heavy atom. The number of hydrogen-bond donors (Lipinski definition) is 1. The number of rotatable bonds is 3. The van der Waals surface area contributed by atoms with E-state index in [4.69, 9.17) is 5.73 Å². The fraction of sp³-hybridized carbons (Fsp3) is 0.667. The van der Waals surface area contributed by atoms with E-state index in [1.165, 1.54) is 54.3 Å². The van der Waals surface area contributed by atoms with Crippen LogP contribution in [0, 0.1) is 0 Å². The average Bonchev–Trinajstić information content (AvgIpc) is 2.69. The third kappa shape index (κ3) is 1.90. The molecule has 0 spiro atoms. The Kier molecular flexibility index (Phi) is 2.45. The number of halogens is 1. The van der Waals surface area contributed by atoms with E-state index in [0.717, 1.165) is 0 Å². The monoisotopic (exact) mass is 285 g/mol. The highest BCUT2D eigenvalue weighted by atomic mass is 79.9. The lowest BCUT2D eigenvalue weighted by molar-refractivity contribution is 0.612. The molecule has 3 heteroatoms. The van der Waals surface area contributed by atoms with Crippen molar-refractivity contribution in [1.29, 1.82) is 0 Å². The summed E-state index contributed by atoms with van der Waals surface area (Å²) < 4.78 is 1.41. The molecule has 1 aromatic rings. The maximum Gasteiger partial charge on any atom is 0.0349 e. The maximum absolute atomic E-state index is 6.13. The van der Waals surface area contributed by atoms with Gasteiger partial charge < -0.3 is 5.73 Å². The van der Waals surface area contributed by atoms with Crippen molar-refractivity contribution in [3.63, 3.8) is 0 Å². The molecule has 0 amide bonds. The molecular weight excluding hydrogens is 270 g/mol. The molecule has 2 aliphatic carbocycles. The molecule has 0 aromatic carbocycles. The largest absolute Gasteiger partial charge is 0.325 e. The highest BCUT2D eigenvalue weighted by molar-refractivity contribution is 9.10. The summed E-state index contributed by atoms with van der Waals surface area (Å²) in [6.45, 7) is 0. The van der Waals surface area contributed by atoms with E-state index < -0.39 is 0 Å². The van der Waals surface area contributed by atoms with Crippen LogP contribution < -0.4 is 5.73 Å². The van der Waals surface area contributed by atoms with Crippen molar-refractivity contribution in [2.75, 3.05) is 0 Å². The SMILES string of the molecule is NC1(CCc2sc3c(c2Br)CCC3)CC1. The van der Waals surface area contributed by atoms with Crippen LogP contribution in [0.4, 0.5) is 0 Å². The summed E-state index contributed by atoms with van der Waals surface area (Å²) in [5.41, 5.74) is 7.92. The molecular formula is C12H16BrNS. The molecule has 82 valence electrons. The zero-order chi connectivity index (χ0) is 10.5. The number of nitrogens with two attached hydrogens (primary N) is 1. The minimum atomic E-state index is 0.202. The van der Waals surface area contributed by atoms with Gasteiger partial charge in [-0.15, -0.1) is 11.3 Å². The quantitative estimate of drug-likeness (QED) is 0.905. The predicted octanol–water partition coefficient (Wildman–Crippen LogP) is 3.42. The molecule has 0 radical (unpaired) electrons. The molecule has 1 fully saturated rings. The predicted molar refractivity (Wildman–Crippen MR) is 68.5 cm³/mol. The molecule has 1 heterocycles. The zero-order valence-electron chi connectivity index (χ0n) is 8.81. The first-order chi connectivity index (χ1) is 7.18. The van der Waals surface area contributed by atoms with Crippen LogP contribution in [0.25, 0.3) is 0 Å². The Morgan fingerprint density at radius 3 is 2.80 bits per heavy atom. The normalized spacial score (nSPS) is 21.7. The van der Waals surface area contributed by atoms with E-state index >= 15 is 0 Å². The van der Waals surface area contributed by atoms with E-state index in [9.17, 15) is 0 Å². The average molecular weight is 286 g/mol. The maximum atomic E-state index is 6.13. The van der Waals surface area contributed by atoms with E-state index in [2.05, 4.69) is 15.9 Å². The van der Waals surface area contributed by atoms with E-state index in [0.29, 0.717) is 0 Å². The van der Waals surface area contributed by atoms with Crippen LogP contribution in [-0.4, -0.2) is 5.54 Å². The van der Waals surface area contributed by atoms with Crippen LogP contribution in [0.5, 0.6) is 0 Å². The summed E-state index contributed by atoms with van der Waals surface area (Å²) in [6.07, 6.45) is 8.73. The van der Waals surface area contributed by atoms with Crippen molar-refractivity contribution in [3.05, 3.63) is 19.8 Å². The lowest BCUT2D eigenvalue weighted by atomic mass is 10.1. The van der Waals surface area contributed by atoms with E-state index in [1.807, 2.05) is 11.3 Å². The Labute approximate surface area is 103 Å². The second kappa shape index (κ2) is 3.57. The molecule has 0 aliphatic heterocycles. The van der Waals surface area contributed by atoms with Crippen molar-refractivity contribution in [2.45, 2.75) is 50.5 Å². The van der Waals surface area contributed by atoms with Gasteiger partial charge in [0, 0.05) is 19.8 Å². The summed E-state index contributed by atoms with van der Waals surface area (Å²) in [5.74, 6) is 0. The molecule has 15 heavy (non-hydrogen) atoms. The summed E-state index contributed by atoms with van der Waals surface area (Å²) in [6, 6.07) is 0. The van der Waals surface area contributed by atoms with Gasteiger partial charge in [-0.25, -0.2) is 0 Å². The molecule has 1 aromatic heterocycles. The first-order valence-corrected chi connectivity index (χ1v) is 7.37. The van der Waals surface area contributed by atoms with Gasteiger partial charge in [0.25, 0.3) is 0 Å². The first kappa shape index (κ1) is 10.3. The number of fused-ring (bicyclic) bond motifs is 1. The zero-order valence-corrected chi connectivity index (χ0v) is 11.2. The summed E-state index contributed by atoms with van der Waals surface area (Å²) >= 11 is 5.77. The van der Waals surface area contributed by atoms with E-state index in [-0.39, 0.29) is 5.54 Å². The van der Waals surface area contributed by atoms with Crippen molar-refractivity contribution in [1.82, 2.24) is 0 Å². The third-order valence-corrected chi connectivity index (χ3v) is 6.24. The van der Waals surface area contributed by atoms with Crippen molar-refractivity contribution < 1.29 is 0 Å². The standard InChI is InChI=1S/C12H16BrNS/c13-11-8-2-1-3-9(8)15-10(11)4-5-12(14)6-7-12/h1-7,14H2. The molecule has 0 unspecified atom stereocenters. The second-order valence-corrected chi connectivity index (χ2v) is 6.94. The fourth-order valence-corrected chi connectivity index (χ4v) is 4.65. The number of aryl methyl sites for hydroxylation is 2. The van der Waals surface area contributed by atoms with Crippen LogP contribution >= 0.6 is 27.3 Å². The van der Waals surface area contributed by atoms with Crippen LogP contribution in [0.2, 0.25) is 0 Å². The first-order valence-electron chi connectivity index (χ1n) is 5.76. The van der Waals surface area contributed by atoms with Crippen LogP contribution in [0.15, 0.2) is 4.47 Å². The summed E-state index contributed by atoms with van der Waals surface area (Å²) in [7, 11) is 0. The van der Waals surface area contributed by atoms with Gasteiger partial charge in [0.1, 0.15) is 0 Å². The van der Waals surface area contributed by atoms with Crippen LogP contribution in [-0.2, 0) is 19.3 Å². The molecule has 1 nitrogen and oxygen atoms in total. The van der Waals surface area contributed by atoms with Gasteiger partial charge in [-0.2, -0.15) is 0 Å². The van der Waals surface area contributed by atoms with Gasteiger partial charge in [-0.3, -0.25) is 0 Å². The van der Waals surface area contributed by atoms with E-state index in [1.54, 1.807) is 10.4 Å². The minimum Gasteiger partial charge on any atom is -0.325 e. The van der Waals surface area contributed by atoms with Gasteiger partial charge in [-0.05, 0) is 66.4 Å². The van der Waals surface area contributed by atoms with Gasteiger partial charge in [0.05, 0.1) is 0 Å². The van der Waals surface area contributed by atoms with Gasteiger partial charge >= 0.3 is 0 Å². The number of thiophene rings is 1. The Hall–Kier alpha value is 0.140. The van der Waals surface area contributed by atoms with Gasteiger partial charge in [0.2, 0.25) is 0 Å². The smallest absolute Gasteiger partial charge is 0.0349 e. The number of hydrogen-bond acceptors (Lipinski definition) is 2. The minimum absolute atomic E-state index is 0.202. The van der Waals surface area contributed by atoms with Gasteiger partial charge in [0.15, 0.2) is 0 Å². The van der Waals surface area contributed by atoms with Crippen molar-refractivity contribution in [3.8, 4) is 0 Å². The summed E-state index contributed by atoms with van der Waals surface area (Å²) in [5, 5.41) is 0. The lowest BCUT2D eigenvalue weighted by Gasteiger charge is -2.07. The molecule has 0 atom stereocenters. The second-order valence-electron chi connectivity index (χ2n) is 4.96. The molecule has 3 rings (SSSR count). The lowest BCUT2D eigenvalue weighted by Crippen LogP contribution is -2.21. The molecule has 1 saturated carbocycles. The third-order valence-electron chi connectivity index (χ3n) is 3.67. The molecule has 2 aliphatic rings. The highest BCUT2D eigenvalue weighted by Crippen LogP contribution is 2.42. The molecule has 0 bridgehead atoms. The Morgan fingerprint density at radius 2 is 2.13 bits per heavy atom. The fourth-order valence-electron chi connectivity index (χ4n) is 2.36. The van der Waals surface area contributed by atoms with Crippen molar-refractivity contribution in [2.24, 2.45) is 5.73 Å². The Bertz CT molecular complexity index is 393. The van der Waals surface area contributed by atoms with Crippen molar-refractivity contribution >= 4 is 27.3 Å². The van der Waals surface area contributed by atoms with Crippen LogP contribution in [0.3, 0.4) is 0 Å². The topological polar surface area (TPSA) is 26.0 Å². The van der Waals surface area contributed by atoms with Crippen LogP contribution in [0.1, 0.15) is 41.0 Å². The van der Waals surface area contributed by atoms with Gasteiger partial charge in [-0.1, -0.05) is 0 Å². The summed E-state index contributed by atoms with van der Waals surface area (Å²) in [4.78, 5) is 3.16. The molecule has 0 saturated heterocycles. The Balaban J connectivity index is 1.75. The molecule has 2 N–H and O–H groups in total. The highest BCUT2D eigenvalue weighted by Gasteiger charge is 2.37.